The van der Waals surface area contributed by atoms with Crippen LogP contribution in [-0.4, -0.2) is 11.7 Å². The van der Waals surface area contributed by atoms with Gasteiger partial charge in [-0.1, -0.05) is 53.7 Å². The number of benzene rings is 1. The summed E-state index contributed by atoms with van der Waals surface area (Å²) in [7, 11) is 0. The third-order valence-electron chi connectivity index (χ3n) is 2.27. The van der Waals surface area contributed by atoms with Crippen LogP contribution in [0.5, 0.6) is 0 Å². The van der Waals surface area contributed by atoms with Crippen molar-refractivity contribution in [1.82, 2.24) is 0 Å². The SMILES string of the molecule is CC(C)CCN=C(N)SCc1ccc(Br)cc1. The lowest BCUT2D eigenvalue weighted by Crippen LogP contribution is -2.08. The Morgan fingerprint density at radius 1 is 1.35 bits per heavy atom. The van der Waals surface area contributed by atoms with Gasteiger partial charge in [0.05, 0.1) is 0 Å². The van der Waals surface area contributed by atoms with Gasteiger partial charge in [-0.25, -0.2) is 0 Å². The van der Waals surface area contributed by atoms with Crippen LogP contribution >= 0.6 is 27.7 Å². The molecule has 0 aromatic heterocycles. The molecule has 0 aliphatic heterocycles. The highest BCUT2D eigenvalue weighted by Gasteiger charge is 1.98. The third kappa shape index (κ3) is 6.74. The predicted octanol–water partition coefficient (Wildman–Crippen LogP) is 4.04. The van der Waals surface area contributed by atoms with Crippen molar-refractivity contribution in [3.8, 4) is 0 Å². The van der Waals surface area contributed by atoms with Crippen LogP contribution < -0.4 is 5.73 Å². The molecule has 0 heterocycles. The van der Waals surface area contributed by atoms with E-state index in [1.165, 1.54) is 5.56 Å². The summed E-state index contributed by atoms with van der Waals surface area (Å²) < 4.78 is 1.10. The molecule has 0 aliphatic carbocycles. The molecular formula is C13H19BrN2S. The molecule has 0 spiro atoms. The number of nitrogens with zero attached hydrogens (tertiary/aromatic N) is 1. The highest BCUT2D eigenvalue weighted by Crippen LogP contribution is 2.16. The van der Waals surface area contributed by atoms with Gasteiger partial charge in [-0.3, -0.25) is 4.99 Å². The van der Waals surface area contributed by atoms with Gasteiger partial charge in [-0.15, -0.1) is 0 Å². The number of hydrogen-bond acceptors (Lipinski definition) is 2. The van der Waals surface area contributed by atoms with Crippen molar-refractivity contribution in [3.05, 3.63) is 34.3 Å². The molecule has 1 aromatic carbocycles. The van der Waals surface area contributed by atoms with Crippen molar-refractivity contribution in [2.75, 3.05) is 6.54 Å². The first-order valence-corrected chi connectivity index (χ1v) is 7.53. The molecule has 0 saturated heterocycles. The Bertz CT molecular complexity index is 360. The van der Waals surface area contributed by atoms with Crippen molar-refractivity contribution in [2.24, 2.45) is 16.6 Å². The van der Waals surface area contributed by atoms with Gasteiger partial charge in [-0.2, -0.15) is 0 Å². The number of thioether (sulfide) groups is 1. The van der Waals surface area contributed by atoms with Gasteiger partial charge in [-0.05, 0) is 30.0 Å². The van der Waals surface area contributed by atoms with Crippen LogP contribution in [0.4, 0.5) is 0 Å². The molecule has 2 N–H and O–H groups in total. The highest BCUT2D eigenvalue weighted by molar-refractivity contribution is 9.10. The molecule has 0 aliphatic rings. The molecule has 1 aromatic rings. The molecule has 0 radical (unpaired) electrons. The van der Waals surface area contributed by atoms with E-state index < -0.39 is 0 Å². The number of hydrogen-bond donors (Lipinski definition) is 1. The Morgan fingerprint density at radius 2 is 2.00 bits per heavy atom. The van der Waals surface area contributed by atoms with E-state index in [2.05, 4.69) is 46.9 Å². The first-order valence-electron chi connectivity index (χ1n) is 5.75. The highest BCUT2D eigenvalue weighted by atomic mass is 79.9. The Labute approximate surface area is 116 Å². The zero-order valence-electron chi connectivity index (χ0n) is 10.3. The van der Waals surface area contributed by atoms with Crippen LogP contribution in [0.1, 0.15) is 25.8 Å². The van der Waals surface area contributed by atoms with Crippen molar-refractivity contribution in [2.45, 2.75) is 26.0 Å². The average molecular weight is 315 g/mol. The molecule has 4 heteroatoms. The standard InChI is InChI=1S/C13H19BrN2S/c1-10(2)7-8-16-13(15)17-9-11-3-5-12(14)6-4-11/h3-6,10H,7-9H2,1-2H3,(H2,15,16). The molecule has 0 amide bonds. The molecule has 2 nitrogen and oxygen atoms in total. The Balaban J connectivity index is 2.32. The van der Waals surface area contributed by atoms with E-state index in [4.69, 9.17) is 5.73 Å². The lowest BCUT2D eigenvalue weighted by Gasteiger charge is -2.03. The molecule has 0 fully saturated rings. The third-order valence-corrected chi connectivity index (χ3v) is 3.71. The maximum absolute atomic E-state index is 5.84. The van der Waals surface area contributed by atoms with Crippen molar-refractivity contribution >= 4 is 32.9 Å². The Hall–Kier alpha value is -0.480. The summed E-state index contributed by atoms with van der Waals surface area (Å²) in [4.78, 5) is 4.35. The minimum absolute atomic E-state index is 0.683. The van der Waals surface area contributed by atoms with Gasteiger partial charge in [0.1, 0.15) is 0 Å². The second-order valence-electron chi connectivity index (χ2n) is 4.32. The van der Waals surface area contributed by atoms with E-state index in [0.29, 0.717) is 11.1 Å². The lowest BCUT2D eigenvalue weighted by atomic mass is 10.1. The van der Waals surface area contributed by atoms with Gasteiger partial charge in [0.2, 0.25) is 0 Å². The van der Waals surface area contributed by atoms with Crippen molar-refractivity contribution < 1.29 is 0 Å². The molecule has 94 valence electrons. The number of rotatable bonds is 5. The molecular weight excluding hydrogens is 296 g/mol. The first kappa shape index (κ1) is 14.6. The quantitative estimate of drug-likeness (QED) is 0.658. The largest absolute Gasteiger partial charge is 0.379 e. The van der Waals surface area contributed by atoms with E-state index in [1.807, 2.05) is 12.1 Å². The molecule has 0 unspecified atom stereocenters. The predicted molar refractivity (Wildman–Crippen MR) is 81.4 cm³/mol. The minimum atomic E-state index is 0.683. The van der Waals surface area contributed by atoms with Gasteiger partial charge < -0.3 is 5.73 Å². The summed E-state index contributed by atoms with van der Waals surface area (Å²) in [6.45, 7) is 5.22. The maximum Gasteiger partial charge on any atom is 0.154 e. The van der Waals surface area contributed by atoms with Crippen molar-refractivity contribution in [1.29, 1.82) is 0 Å². The lowest BCUT2D eigenvalue weighted by molar-refractivity contribution is 0.597. The van der Waals surface area contributed by atoms with E-state index in [9.17, 15) is 0 Å². The fourth-order valence-corrected chi connectivity index (χ4v) is 2.17. The van der Waals surface area contributed by atoms with Crippen LogP contribution in [0.25, 0.3) is 0 Å². The maximum atomic E-state index is 5.84. The number of nitrogens with two attached hydrogens (primary N) is 1. The minimum Gasteiger partial charge on any atom is -0.379 e. The van der Waals surface area contributed by atoms with Crippen LogP contribution in [0.15, 0.2) is 33.7 Å². The number of amidine groups is 1. The van der Waals surface area contributed by atoms with E-state index in [-0.39, 0.29) is 0 Å². The Kier molecular flexibility index (Phi) is 6.66. The topological polar surface area (TPSA) is 38.4 Å². The molecule has 1 rings (SSSR count). The zero-order valence-corrected chi connectivity index (χ0v) is 12.7. The molecule has 17 heavy (non-hydrogen) atoms. The summed E-state index contributed by atoms with van der Waals surface area (Å²) in [6, 6.07) is 8.28. The van der Waals surface area contributed by atoms with E-state index in [0.717, 1.165) is 23.2 Å². The van der Waals surface area contributed by atoms with Crippen LogP contribution in [0.2, 0.25) is 0 Å². The van der Waals surface area contributed by atoms with Crippen molar-refractivity contribution in [3.63, 3.8) is 0 Å². The van der Waals surface area contributed by atoms with E-state index >= 15 is 0 Å². The number of halogens is 1. The van der Waals surface area contributed by atoms with Gasteiger partial charge in [0.15, 0.2) is 5.17 Å². The Morgan fingerprint density at radius 3 is 2.59 bits per heavy atom. The summed E-state index contributed by atoms with van der Waals surface area (Å²) in [5.41, 5.74) is 7.11. The first-order chi connectivity index (χ1) is 8.08. The summed E-state index contributed by atoms with van der Waals surface area (Å²) in [5.74, 6) is 1.56. The molecule has 0 atom stereocenters. The average Bonchev–Trinajstić information content (AvgIpc) is 2.28. The van der Waals surface area contributed by atoms with Crippen LogP contribution in [0.3, 0.4) is 0 Å². The fraction of sp³-hybridized carbons (Fsp3) is 0.462. The molecule has 0 saturated carbocycles. The summed E-state index contributed by atoms with van der Waals surface area (Å²) >= 11 is 5.02. The van der Waals surface area contributed by atoms with Gasteiger partial charge in [0, 0.05) is 16.8 Å². The van der Waals surface area contributed by atoms with Gasteiger partial charge >= 0.3 is 0 Å². The molecule has 0 bridgehead atoms. The summed E-state index contributed by atoms with van der Waals surface area (Å²) in [5, 5.41) is 0.688. The van der Waals surface area contributed by atoms with Crippen LogP contribution in [-0.2, 0) is 5.75 Å². The van der Waals surface area contributed by atoms with Crippen LogP contribution in [0, 0.1) is 5.92 Å². The van der Waals surface area contributed by atoms with E-state index in [1.54, 1.807) is 11.8 Å². The fourth-order valence-electron chi connectivity index (χ4n) is 1.22. The smallest absolute Gasteiger partial charge is 0.154 e. The zero-order chi connectivity index (χ0) is 12.7. The second-order valence-corrected chi connectivity index (χ2v) is 6.23. The second kappa shape index (κ2) is 7.77. The monoisotopic (exact) mass is 314 g/mol. The number of aliphatic imine (C=N–C) groups is 1. The normalized spacial score (nSPS) is 12.1. The van der Waals surface area contributed by atoms with Gasteiger partial charge in [0.25, 0.3) is 0 Å². The summed E-state index contributed by atoms with van der Waals surface area (Å²) in [6.07, 6.45) is 1.10.